The molecule has 2 aromatic rings. The van der Waals surface area contributed by atoms with Crippen molar-refractivity contribution in [3.8, 4) is 23.1 Å². The Bertz CT molecular complexity index is 641. The van der Waals surface area contributed by atoms with Gasteiger partial charge in [0.2, 0.25) is 0 Å². The molecular formula is C23H29N. The molecule has 0 aliphatic carbocycles. The monoisotopic (exact) mass is 319 g/mol. The third-order valence-corrected chi connectivity index (χ3v) is 4.43. The summed E-state index contributed by atoms with van der Waals surface area (Å²) in [5, 5.41) is 0. The number of rotatable bonds is 9. The molecule has 0 radical (unpaired) electrons. The Morgan fingerprint density at radius 3 is 1.67 bits per heavy atom. The van der Waals surface area contributed by atoms with Crippen LogP contribution in [0.1, 0.15) is 56.6 Å². The van der Waals surface area contributed by atoms with Crippen molar-refractivity contribution in [1.82, 2.24) is 0 Å². The Hall–Kier alpha value is -2.20. The van der Waals surface area contributed by atoms with Gasteiger partial charge in [0.05, 0.1) is 0 Å². The molecule has 126 valence electrons. The first-order valence-electron chi connectivity index (χ1n) is 9.20. The van der Waals surface area contributed by atoms with E-state index in [4.69, 9.17) is 5.73 Å². The molecule has 2 N–H and O–H groups in total. The summed E-state index contributed by atoms with van der Waals surface area (Å²) in [6, 6.07) is 20.5. The molecular weight excluding hydrogens is 290 g/mol. The topological polar surface area (TPSA) is 26.0 Å². The molecule has 0 spiro atoms. The molecule has 1 heteroatoms. The van der Waals surface area contributed by atoms with E-state index in [1.165, 1.54) is 54.4 Å². The average Bonchev–Trinajstić information content (AvgIpc) is 2.63. The average molecular weight is 319 g/mol. The second kappa shape index (κ2) is 10.6. The van der Waals surface area contributed by atoms with Crippen LogP contribution in [0.5, 0.6) is 0 Å². The summed E-state index contributed by atoms with van der Waals surface area (Å²) in [5.41, 5.74) is 10.6. The number of hydrogen-bond donors (Lipinski definition) is 1. The third-order valence-electron chi connectivity index (χ3n) is 4.43. The molecule has 2 aromatic carbocycles. The third kappa shape index (κ3) is 6.13. The van der Waals surface area contributed by atoms with Gasteiger partial charge in [0.25, 0.3) is 0 Å². The van der Waals surface area contributed by atoms with Crippen LogP contribution in [0.3, 0.4) is 0 Å². The number of aryl methyl sites for hydroxylation is 2. The smallest absolute Gasteiger partial charge is 0.0107 e. The minimum absolute atomic E-state index is 0.902. The van der Waals surface area contributed by atoms with Gasteiger partial charge in [-0.1, -0.05) is 74.2 Å². The van der Waals surface area contributed by atoms with E-state index in [-0.39, 0.29) is 0 Å². The summed E-state index contributed by atoms with van der Waals surface area (Å²) < 4.78 is 0. The van der Waals surface area contributed by atoms with Crippen molar-refractivity contribution in [1.29, 1.82) is 0 Å². The number of unbranched alkanes of at least 4 members (excludes halogenated alkanes) is 4. The summed E-state index contributed by atoms with van der Waals surface area (Å²) in [4.78, 5) is 0. The molecule has 0 fully saturated rings. The molecule has 0 aliphatic rings. The van der Waals surface area contributed by atoms with Crippen LogP contribution in [-0.2, 0) is 12.8 Å². The van der Waals surface area contributed by atoms with Crippen LogP contribution in [0.15, 0.2) is 48.5 Å². The molecule has 0 atom stereocenters. The molecule has 24 heavy (non-hydrogen) atoms. The summed E-state index contributed by atoms with van der Waals surface area (Å²) in [5.74, 6) is 2.91. The maximum atomic E-state index is 5.17. The van der Waals surface area contributed by atoms with Crippen LogP contribution in [0.2, 0.25) is 0 Å². The van der Waals surface area contributed by atoms with E-state index in [0.717, 1.165) is 19.3 Å². The van der Waals surface area contributed by atoms with Crippen LogP contribution in [0.4, 0.5) is 0 Å². The highest BCUT2D eigenvalue weighted by molar-refractivity contribution is 5.63. The van der Waals surface area contributed by atoms with Crippen LogP contribution in [-0.4, -0.2) is 0 Å². The lowest BCUT2D eigenvalue weighted by atomic mass is 9.99. The Labute approximate surface area is 147 Å². The van der Waals surface area contributed by atoms with E-state index in [9.17, 15) is 0 Å². The molecule has 0 bridgehead atoms. The molecule has 1 nitrogen and oxygen atoms in total. The lowest BCUT2D eigenvalue weighted by Crippen LogP contribution is -1.88. The Kier molecular flexibility index (Phi) is 7.98. The van der Waals surface area contributed by atoms with Crippen molar-refractivity contribution < 1.29 is 0 Å². The molecule has 0 saturated heterocycles. The Morgan fingerprint density at radius 1 is 0.708 bits per heavy atom. The summed E-state index contributed by atoms with van der Waals surface area (Å²) >= 11 is 0. The van der Waals surface area contributed by atoms with Crippen molar-refractivity contribution in [2.75, 3.05) is 0 Å². The zero-order valence-corrected chi connectivity index (χ0v) is 14.9. The summed E-state index contributed by atoms with van der Waals surface area (Å²) in [7, 11) is 0. The van der Waals surface area contributed by atoms with Crippen molar-refractivity contribution in [3.05, 3.63) is 59.7 Å². The van der Waals surface area contributed by atoms with E-state index < -0.39 is 0 Å². The van der Waals surface area contributed by atoms with Gasteiger partial charge in [-0.05, 0) is 54.4 Å². The largest absolute Gasteiger partial charge is 0.359 e. The van der Waals surface area contributed by atoms with Gasteiger partial charge >= 0.3 is 0 Å². The molecule has 0 unspecified atom stereocenters. The van der Waals surface area contributed by atoms with E-state index in [1.54, 1.807) is 0 Å². The van der Waals surface area contributed by atoms with Gasteiger partial charge in [0.1, 0.15) is 0 Å². The van der Waals surface area contributed by atoms with Gasteiger partial charge in [-0.3, -0.25) is 0 Å². The minimum atomic E-state index is 0.902. The van der Waals surface area contributed by atoms with Gasteiger partial charge in [-0.2, -0.15) is 0 Å². The predicted octanol–water partition coefficient (Wildman–Crippen LogP) is 5.72. The van der Waals surface area contributed by atoms with Crippen LogP contribution in [0.25, 0.3) is 11.1 Å². The summed E-state index contributed by atoms with van der Waals surface area (Å²) in [6.45, 7) is 2.25. The van der Waals surface area contributed by atoms with Crippen molar-refractivity contribution in [3.63, 3.8) is 0 Å². The maximum Gasteiger partial charge on any atom is 0.0107 e. The fourth-order valence-electron chi connectivity index (χ4n) is 2.92. The lowest BCUT2D eigenvalue weighted by molar-refractivity contribution is 0.717. The van der Waals surface area contributed by atoms with E-state index >= 15 is 0 Å². The van der Waals surface area contributed by atoms with Crippen LogP contribution >= 0.6 is 0 Å². The second-order valence-corrected chi connectivity index (χ2v) is 6.38. The highest BCUT2D eigenvalue weighted by atomic mass is 14.4. The van der Waals surface area contributed by atoms with E-state index in [1.807, 2.05) is 0 Å². The SMILES string of the molecule is CCCCCc1ccc(-c2ccc(CCCCC#CN)cc2)cc1. The molecule has 2 rings (SSSR count). The maximum absolute atomic E-state index is 5.17. The van der Waals surface area contributed by atoms with Crippen LogP contribution in [0, 0.1) is 12.0 Å². The van der Waals surface area contributed by atoms with E-state index in [2.05, 4.69) is 67.4 Å². The zero-order valence-electron chi connectivity index (χ0n) is 14.9. The quantitative estimate of drug-likeness (QED) is 0.357. The number of nitrogens with two attached hydrogens (primary N) is 1. The van der Waals surface area contributed by atoms with Gasteiger partial charge in [0, 0.05) is 12.5 Å². The van der Waals surface area contributed by atoms with Gasteiger partial charge < -0.3 is 5.73 Å². The highest BCUT2D eigenvalue weighted by Crippen LogP contribution is 2.21. The molecule has 0 aliphatic heterocycles. The molecule has 0 aromatic heterocycles. The minimum Gasteiger partial charge on any atom is -0.359 e. The fourth-order valence-corrected chi connectivity index (χ4v) is 2.92. The molecule has 0 heterocycles. The fraction of sp³-hybridized carbons (Fsp3) is 0.391. The predicted molar refractivity (Wildman–Crippen MR) is 105 cm³/mol. The van der Waals surface area contributed by atoms with Crippen molar-refractivity contribution in [2.45, 2.75) is 58.3 Å². The van der Waals surface area contributed by atoms with E-state index in [0.29, 0.717) is 0 Å². The van der Waals surface area contributed by atoms with Crippen molar-refractivity contribution in [2.24, 2.45) is 5.73 Å². The standard InChI is InChI=1S/C23H29N/c1-2-3-6-9-20-11-15-22(16-12-20)23-17-13-21(14-18-23)10-7-4-5-8-19-24/h11-18H,2-7,9-10,24H2,1H3. The summed E-state index contributed by atoms with van der Waals surface area (Å²) in [6.07, 6.45) is 9.39. The van der Waals surface area contributed by atoms with Crippen molar-refractivity contribution >= 4 is 0 Å². The Balaban J connectivity index is 1.86. The van der Waals surface area contributed by atoms with Crippen LogP contribution < -0.4 is 5.73 Å². The first kappa shape index (κ1) is 18.1. The van der Waals surface area contributed by atoms with Gasteiger partial charge in [-0.25, -0.2) is 0 Å². The highest BCUT2D eigenvalue weighted by Gasteiger charge is 2.00. The molecule has 0 amide bonds. The van der Waals surface area contributed by atoms with Gasteiger partial charge in [0.15, 0.2) is 0 Å². The Morgan fingerprint density at radius 2 is 1.21 bits per heavy atom. The second-order valence-electron chi connectivity index (χ2n) is 6.38. The molecule has 0 saturated carbocycles. The number of hydrogen-bond acceptors (Lipinski definition) is 1. The normalized spacial score (nSPS) is 10.2. The first-order valence-corrected chi connectivity index (χ1v) is 9.20. The lowest BCUT2D eigenvalue weighted by Gasteiger charge is -2.06. The number of benzene rings is 2. The zero-order chi connectivity index (χ0) is 17.0. The van der Waals surface area contributed by atoms with Gasteiger partial charge in [-0.15, -0.1) is 0 Å². The first-order chi connectivity index (χ1) is 11.8.